The highest BCUT2D eigenvalue weighted by atomic mass is 127. The maximum Gasteiger partial charge on any atom is 0.217 e. The Bertz CT molecular complexity index is 479. The van der Waals surface area contributed by atoms with Gasteiger partial charge in [0, 0.05) is 15.6 Å². The van der Waals surface area contributed by atoms with Gasteiger partial charge < -0.3 is 5.73 Å². The minimum atomic E-state index is -0.224. The molecule has 1 aliphatic rings. The van der Waals surface area contributed by atoms with Gasteiger partial charge in [0.2, 0.25) is 5.91 Å². The van der Waals surface area contributed by atoms with Crippen LogP contribution in [0.25, 0.3) is 0 Å². The summed E-state index contributed by atoms with van der Waals surface area (Å²) in [7, 11) is 0. The first-order valence-electron chi connectivity index (χ1n) is 6.84. The molecular weight excluding hydrogens is 367 g/mol. The lowest BCUT2D eigenvalue weighted by Gasteiger charge is -2.30. The molecule has 1 heterocycles. The maximum absolute atomic E-state index is 12.2. The Hall–Kier alpha value is -0.950. The van der Waals surface area contributed by atoms with Crippen molar-refractivity contribution < 1.29 is 9.59 Å². The van der Waals surface area contributed by atoms with Gasteiger partial charge in [0.25, 0.3) is 0 Å². The first kappa shape index (κ1) is 15.4. The second kappa shape index (κ2) is 7.17. The molecule has 0 saturated carbocycles. The van der Waals surface area contributed by atoms with Gasteiger partial charge in [-0.05, 0) is 66.6 Å². The number of benzene rings is 1. The second-order valence-corrected chi connectivity index (χ2v) is 6.57. The zero-order valence-electron chi connectivity index (χ0n) is 11.3. The first-order chi connectivity index (χ1) is 9.54. The molecule has 108 valence electrons. The molecule has 0 radical (unpaired) electrons. The summed E-state index contributed by atoms with van der Waals surface area (Å²) >= 11 is 2.23. The molecule has 2 N–H and O–H groups in total. The van der Waals surface area contributed by atoms with Crippen molar-refractivity contribution >= 4 is 34.3 Å². The molecule has 5 heteroatoms. The Kier molecular flexibility index (Phi) is 5.54. The molecule has 0 atom stereocenters. The van der Waals surface area contributed by atoms with Gasteiger partial charge in [0.15, 0.2) is 5.78 Å². The van der Waals surface area contributed by atoms with Crippen LogP contribution in [-0.4, -0.2) is 36.2 Å². The van der Waals surface area contributed by atoms with Crippen LogP contribution in [-0.2, 0) is 4.79 Å². The number of carbonyl (C=O) groups excluding carboxylic acids is 2. The summed E-state index contributed by atoms with van der Waals surface area (Å²) in [5, 5.41) is 0. The molecule has 2 rings (SSSR count). The van der Waals surface area contributed by atoms with Crippen molar-refractivity contribution in [2.24, 2.45) is 11.7 Å². The predicted octanol–water partition coefficient (Wildman–Crippen LogP) is 2.06. The number of hydrogen-bond donors (Lipinski definition) is 1. The lowest BCUT2D eigenvalue weighted by molar-refractivity contribution is -0.119. The number of hydrogen-bond acceptors (Lipinski definition) is 3. The van der Waals surface area contributed by atoms with Crippen LogP contribution in [0.4, 0.5) is 0 Å². The van der Waals surface area contributed by atoms with Crippen LogP contribution in [0.5, 0.6) is 0 Å². The van der Waals surface area contributed by atoms with Gasteiger partial charge >= 0.3 is 0 Å². The Morgan fingerprint density at radius 1 is 1.20 bits per heavy atom. The Balaban J connectivity index is 1.82. The lowest BCUT2D eigenvalue weighted by Crippen LogP contribution is -2.38. The van der Waals surface area contributed by atoms with Crippen molar-refractivity contribution in [3.05, 3.63) is 33.4 Å². The number of amides is 1. The number of nitrogens with two attached hydrogens (primary N) is 1. The highest BCUT2D eigenvalue weighted by Crippen LogP contribution is 2.20. The lowest BCUT2D eigenvalue weighted by atomic mass is 9.93. The monoisotopic (exact) mass is 386 g/mol. The van der Waals surface area contributed by atoms with Crippen LogP contribution in [0, 0.1) is 9.49 Å². The van der Waals surface area contributed by atoms with Gasteiger partial charge in [-0.3, -0.25) is 14.5 Å². The molecule has 1 fully saturated rings. The number of rotatable bonds is 5. The molecule has 1 aromatic carbocycles. The molecule has 0 unspecified atom stereocenters. The minimum Gasteiger partial charge on any atom is -0.370 e. The average Bonchev–Trinajstić information content (AvgIpc) is 2.41. The fourth-order valence-electron chi connectivity index (χ4n) is 2.56. The molecule has 0 bridgehead atoms. The summed E-state index contributed by atoms with van der Waals surface area (Å²) in [5.74, 6) is 0.324. The van der Waals surface area contributed by atoms with Crippen molar-refractivity contribution in [2.75, 3.05) is 19.6 Å². The van der Waals surface area contributed by atoms with E-state index in [0.29, 0.717) is 18.9 Å². The van der Waals surface area contributed by atoms with Gasteiger partial charge in [-0.2, -0.15) is 0 Å². The van der Waals surface area contributed by atoms with E-state index in [1.807, 2.05) is 24.3 Å². The average molecular weight is 386 g/mol. The molecule has 1 aromatic rings. The highest BCUT2D eigenvalue weighted by Gasteiger charge is 2.22. The fourth-order valence-corrected chi connectivity index (χ4v) is 2.92. The first-order valence-corrected chi connectivity index (χ1v) is 7.92. The number of Topliss-reactive ketones (excluding diaryl/α,β-unsaturated/α-hetero) is 1. The van der Waals surface area contributed by atoms with E-state index in [0.717, 1.165) is 35.1 Å². The molecule has 20 heavy (non-hydrogen) atoms. The zero-order chi connectivity index (χ0) is 14.5. The van der Waals surface area contributed by atoms with E-state index >= 15 is 0 Å². The minimum absolute atomic E-state index is 0.162. The highest BCUT2D eigenvalue weighted by molar-refractivity contribution is 14.1. The summed E-state index contributed by atoms with van der Waals surface area (Å²) in [6.07, 6.45) is 2.37. The molecule has 4 nitrogen and oxygen atoms in total. The fraction of sp³-hybridized carbons (Fsp3) is 0.467. The van der Waals surface area contributed by atoms with E-state index in [-0.39, 0.29) is 11.7 Å². The standard InChI is InChI=1S/C15H19IN2O2/c16-13-3-1-12(2-4-13)14(19)10-18-7-5-11(6-8-18)9-15(17)20/h1-4,11H,5-10H2,(H2,17,20). The molecule has 1 aliphatic heterocycles. The van der Waals surface area contributed by atoms with Gasteiger partial charge in [-0.15, -0.1) is 0 Å². The van der Waals surface area contributed by atoms with E-state index < -0.39 is 0 Å². The molecule has 0 aromatic heterocycles. The van der Waals surface area contributed by atoms with Gasteiger partial charge in [-0.25, -0.2) is 0 Å². The van der Waals surface area contributed by atoms with Crippen molar-refractivity contribution in [3.8, 4) is 0 Å². The third-order valence-corrected chi connectivity index (χ3v) is 4.45. The SMILES string of the molecule is NC(=O)CC1CCN(CC(=O)c2ccc(I)cc2)CC1. The van der Waals surface area contributed by atoms with Gasteiger partial charge in [-0.1, -0.05) is 12.1 Å². The molecular formula is C15H19IN2O2. The van der Waals surface area contributed by atoms with Crippen LogP contribution >= 0.6 is 22.6 Å². The van der Waals surface area contributed by atoms with E-state index in [9.17, 15) is 9.59 Å². The molecule has 1 amide bonds. The number of ketones is 1. The third kappa shape index (κ3) is 4.56. The summed E-state index contributed by atoms with van der Waals surface area (Å²) in [5.41, 5.74) is 5.99. The summed E-state index contributed by atoms with van der Waals surface area (Å²) in [4.78, 5) is 25.2. The van der Waals surface area contributed by atoms with Crippen molar-refractivity contribution in [1.82, 2.24) is 4.90 Å². The number of carbonyl (C=O) groups is 2. The van der Waals surface area contributed by atoms with Crippen LogP contribution < -0.4 is 5.73 Å². The molecule has 0 spiro atoms. The molecule has 1 saturated heterocycles. The molecule has 0 aliphatic carbocycles. The summed E-state index contributed by atoms with van der Waals surface area (Å²) < 4.78 is 1.13. The van der Waals surface area contributed by atoms with Crippen LogP contribution in [0.2, 0.25) is 0 Å². The largest absolute Gasteiger partial charge is 0.370 e. The Morgan fingerprint density at radius 3 is 2.35 bits per heavy atom. The maximum atomic E-state index is 12.2. The Morgan fingerprint density at radius 2 is 1.80 bits per heavy atom. The summed E-state index contributed by atoms with van der Waals surface area (Å²) in [6, 6.07) is 7.66. The van der Waals surface area contributed by atoms with E-state index in [2.05, 4.69) is 27.5 Å². The van der Waals surface area contributed by atoms with Crippen molar-refractivity contribution in [1.29, 1.82) is 0 Å². The zero-order valence-corrected chi connectivity index (χ0v) is 13.5. The van der Waals surface area contributed by atoms with Gasteiger partial charge in [0.1, 0.15) is 0 Å². The summed E-state index contributed by atoms with van der Waals surface area (Å²) in [6.45, 7) is 2.20. The number of halogens is 1. The second-order valence-electron chi connectivity index (χ2n) is 5.32. The number of piperidine rings is 1. The quantitative estimate of drug-likeness (QED) is 0.623. The predicted molar refractivity (Wildman–Crippen MR) is 86.5 cm³/mol. The van der Waals surface area contributed by atoms with E-state index in [4.69, 9.17) is 5.73 Å². The van der Waals surface area contributed by atoms with Crippen LogP contribution in [0.15, 0.2) is 24.3 Å². The normalized spacial score (nSPS) is 17.1. The van der Waals surface area contributed by atoms with Crippen LogP contribution in [0.3, 0.4) is 0 Å². The Labute approximate surface area is 132 Å². The smallest absolute Gasteiger partial charge is 0.217 e. The van der Waals surface area contributed by atoms with Crippen LogP contribution in [0.1, 0.15) is 29.6 Å². The number of primary amides is 1. The third-order valence-electron chi connectivity index (χ3n) is 3.73. The topological polar surface area (TPSA) is 63.4 Å². The van der Waals surface area contributed by atoms with Gasteiger partial charge in [0.05, 0.1) is 6.54 Å². The number of nitrogens with zero attached hydrogens (tertiary/aromatic N) is 1. The van der Waals surface area contributed by atoms with Crippen molar-refractivity contribution in [2.45, 2.75) is 19.3 Å². The van der Waals surface area contributed by atoms with E-state index in [1.165, 1.54) is 0 Å². The van der Waals surface area contributed by atoms with Crippen molar-refractivity contribution in [3.63, 3.8) is 0 Å². The van der Waals surface area contributed by atoms with E-state index in [1.54, 1.807) is 0 Å². The number of likely N-dealkylation sites (tertiary alicyclic amines) is 1.